The third-order valence-electron chi connectivity index (χ3n) is 2.63. The van der Waals surface area contributed by atoms with Crippen molar-refractivity contribution in [3.05, 3.63) is 36.0 Å². The maximum absolute atomic E-state index is 10.7. The van der Waals surface area contributed by atoms with Crippen LogP contribution < -0.4 is 0 Å². The van der Waals surface area contributed by atoms with Gasteiger partial charge in [0.2, 0.25) is 0 Å². The van der Waals surface area contributed by atoms with E-state index in [0.29, 0.717) is 0 Å². The molecule has 2 rings (SSSR count). The number of aliphatic carboxylic acids is 1. The summed E-state index contributed by atoms with van der Waals surface area (Å²) in [4.78, 5) is 10.7. The molecule has 1 unspecified atom stereocenters. The summed E-state index contributed by atoms with van der Waals surface area (Å²) in [7, 11) is 0. The topological polar surface area (TPSA) is 42.2 Å². The highest BCUT2D eigenvalue weighted by atomic mass is 35.5. The molecule has 0 bridgehead atoms. The maximum Gasteiger partial charge on any atom is 0.323 e. The van der Waals surface area contributed by atoms with Gasteiger partial charge in [0.05, 0.1) is 0 Å². The van der Waals surface area contributed by atoms with E-state index in [9.17, 15) is 4.79 Å². The molecule has 1 atom stereocenters. The number of carboxylic acid groups (broad SMARTS) is 1. The molecular formula is C12H12ClNO2. The molecule has 0 amide bonds. The first-order chi connectivity index (χ1) is 7.59. The fraction of sp³-hybridized carbons (Fsp3) is 0.250. The summed E-state index contributed by atoms with van der Waals surface area (Å²) in [6.07, 6.45) is 0. The van der Waals surface area contributed by atoms with Gasteiger partial charge < -0.3 is 9.67 Å². The van der Waals surface area contributed by atoms with Crippen LogP contribution in [0.4, 0.5) is 0 Å². The quantitative estimate of drug-likeness (QED) is 0.834. The van der Waals surface area contributed by atoms with Crippen LogP contribution in [0, 0.1) is 6.92 Å². The Bertz CT molecular complexity index is 533. The Labute approximate surface area is 98.3 Å². The van der Waals surface area contributed by atoms with E-state index < -0.39 is 11.3 Å². The predicted octanol–water partition coefficient (Wildman–Crippen LogP) is 2.64. The number of rotatable bonds is 3. The summed E-state index contributed by atoms with van der Waals surface area (Å²) in [6.45, 7) is 2.24. The first-order valence-corrected chi connectivity index (χ1v) is 5.45. The van der Waals surface area contributed by atoms with Crippen molar-refractivity contribution >= 4 is 28.5 Å². The number of carboxylic acids is 1. The van der Waals surface area contributed by atoms with Crippen molar-refractivity contribution < 1.29 is 9.90 Å². The van der Waals surface area contributed by atoms with E-state index in [1.54, 1.807) is 0 Å². The largest absolute Gasteiger partial charge is 0.480 e. The third kappa shape index (κ3) is 1.91. The average Bonchev–Trinajstić information content (AvgIpc) is 2.55. The van der Waals surface area contributed by atoms with Crippen molar-refractivity contribution in [1.29, 1.82) is 0 Å². The summed E-state index contributed by atoms with van der Waals surface area (Å²) in [5.74, 6) is -0.987. The number of halogens is 1. The lowest BCUT2D eigenvalue weighted by Gasteiger charge is -2.10. The lowest BCUT2D eigenvalue weighted by Crippen LogP contribution is -2.20. The minimum absolute atomic E-state index is 0.288. The zero-order valence-corrected chi connectivity index (χ0v) is 9.61. The second-order valence-corrected chi connectivity index (χ2v) is 4.29. The van der Waals surface area contributed by atoms with Crippen molar-refractivity contribution in [1.82, 2.24) is 4.57 Å². The average molecular weight is 238 g/mol. The maximum atomic E-state index is 10.7. The number of aryl methyl sites for hydroxylation is 1. The third-order valence-corrected chi connectivity index (χ3v) is 2.95. The van der Waals surface area contributed by atoms with Crippen molar-refractivity contribution in [2.24, 2.45) is 0 Å². The van der Waals surface area contributed by atoms with Crippen LogP contribution in [0.5, 0.6) is 0 Å². The van der Waals surface area contributed by atoms with Gasteiger partial charge in [0.25, 0.3) is 0 Å². The van der Waals surface area contributed by atoms with Gasteiger partial charge in [0.1, 0.15) is 5.38 Å². The lowest BCUT2D eigenvalue weighted by molar-refractivity contribution is -0.136. The van der Waals surface area contributed by atoms with Crippen molar-refractivity contribution in [2.45, 2.75) is 18.8 Å². The van der Waals surface area contributed by atoms with Crippen LogP contribution in [-0.4, -0.2) is 21.0 Å². The standard InChI is InChI=1S/C12H12ClNO2/c1-8-6-9-4-2-3-5-11(9)14(8)7-10(13)12(15)16/h2-6,10H,7H2,1H3,(H,15,16). The summed E-state index contributed by atoms with van der Waals surface area (Å²) in [5.41, 5.74) is 2.04. The van der Waals surface area contributed by atoms with Crippen LogP contribution in [0.1, 0.15) is 5.69 Å². The van der Waals surface area contributed by atoms with Crippen molar-refractivity contribution in [3.63, 3.8) is 0 Å². The van der Waals surface area contributed by atoms with Crippen LogP contribution in [0.2, 0.25) is 0 Å². The molecular weight excluding hydrogens is 226 g/mol. The minimum Gasteiger partial charge on any atom is -0.480 e. The lowest BCUT2D eigenvalue weighted by atomic mass is 10.2. The van der Waals surface area contributed by atoms with Gasteiger partial charge in [-0.15, -0.1) is 11.6 Å². The molecule has 4 heteroatoms. The molecule has 0 aliphatic carbocycles. The Morgan fingerprint density at radius 3 is 2.88 bits per heavy atom. The van der Waals surface area contributed by atoms with Gasteiger partial charge in [-0.1, -0.05) is 18.2 Å². The molecule has 0 radical (unpaired) electrons. The number of nitrogens with zero attached hydrogens (tertiary/aromatic N) is 1. The minimum atomic E-state index is -0.987. The number of benzene rings is 1. The van der Waals surface area contributed by atoms with Gasteiger partial charge in [0, 0.05) is 17.8 Å². The molecule has 1 aromatic heterocycles. The fourth-order valence-corrected chi connectivity index (χ4v) is 1.97. The predicted molar refractivity (Wildman–Crippen MR) is 64.0 cm³/mol. The van der Waals surface area contributed by atoms with Crippen LogP contribution in [0.25, 0.3) is 10.9 Å². The van der Waals surface area contributed by atoms with Gasteiger partial charge in [-0.3, -0.25) is 4.79 Å². The van der Waals surface area contributed by atoms with Crippen LogP contribution in [0.3, 0.4) is 0 Å². The number of fused-ring (bicyclic) bond motifs is 1. The van der Waals surface area contributed by atoms with E-state index in [2.05, 4.69) is 0 Å². The Morgan fingerprint density at radius 1 is 1.50 bits per heavy atom. The summed E-state index contributed by atoms with van der Waals surface area (Å²) in [5, 5.41) is 9.01. The number of hydrogen-bond acceptors (Lipinski definition) is 1. The second-order valence-electron chi connectivity index (χ2n) is 3.76. The molecule has 0 saturated heterocycles. The second kappa shape index (κ2) is 4.18. The number of carbonyl (C=O) groups is 1. The van der Waals surface area contributed by atoms with Gasteiger partial charge in [-0.25, -0.2) is 0 Å². The molecule has 3 nitrogen and oxygen atoms in total. The van der Waals surface area contributed by atoms with E-state index in [0.717, 1.165) is 16.6 Å². The molecule has 1 heterocycles. The number of aromatic nitrogens is 1. The highest BCUT2D eigenvalue weighted by molar-refractivity contribution is 6.29. The number of alkyl halides is 1. The Balaban J connectivity index is 2.43. The fourth-order valence-electron chi connectivity index (χ4n) is 1.83. The molecule has 0 saturated carbocycles. The van der Waals surface area contributed by atoms with E-state index in [-0.39, 0.29) is 6.54 Å². The number of hydrogen-bond donors (Lipinski definition) is 1. The summed E-state index contributed by atoms with van der Waals surface area (Å²) < 4.78 is 1.93. The summed E-state index contributed by atoms with van der Waals surface area (Å²) >= 11 is 5.76. The molecule has 1 N–H and O–H groups in total. The highest BCUT2D eigenvalue weighted by Gasteiger charge is 2.16. The Hall–Kier alpha value is -1.48. The van der Waals surface area contributed by atoms with Gasteiger partial charge in [-0.2, -0.15) is 0 Å². The molecule has 16 heavy (non-hydrogen) atoms. The normalized spacial score (nSPS) is 12.9. The van der Waals surface area contributed by atoms with Gasteiger partial charge in [-0.05, 0) is 24.4 Å². The van der Waals surface area contributed by atoms with Crippen molar-refractivity contribution in [3.8, 4) is 0 Å². The zero-order valence-electron chi connectivity index (χ0n) is 8.85. The van der Waals surface area contributed by atoms with E-state index in [1.165, 1.54) is 0 Å². The van der Waals surface area contributed by atoms with E-state index in [1.807, 2.05) is 41.8 Å². The first-order valence-electron chi connectivity index (χ1n) is 5.01. The van der Waals surface area contributed by atoms with Crippen LogP contribution in [-0.2, 0) is 11.3 Å². The van der Waals surface area contributed by atoms with Crippen LogP contribution >= 0.6 is 11.6 Å². The first kappa shape index (κ1) is 11.0. The molecule has 84 valence electrons. The smallest absolute Gasteiger partial charge is 0.323 e. The molecule has 0 spiro atoms. The van der Waals surface area contributed by atoms with E-state index >= 15 is 0 Å². The van der Waals surface area contributed by atoms with Crippen LogP contribution in [0.15, 0.2) is 30.3 Å². The highest BCUT2D eigenvalue weighted by Crippen LogP contribution is 2.20. The van der Waals surface area contributed by atoms with Gasteiger partial charge >= 0.3 is 5.97 Å². The Kier molecular flexibility index (Phi) is 2.88. The molecule has 2 aromatic rings. The Morgan fingerprint density at radius 2 is 2.19 bits per heavy atom. The summed E-state index contributed by atoms with van der Waals surface area (Å²) in [6, 6.07) is 9.89. The monoisotopic (exact) mass is 237 g/mol. The van der Waals surface area contributed by atoms with E-state index in [4.69, 9.17) is 16.7 Å². The van der Waals surface area contributed by atoms with Crippen molar-refractivity contribution in [2.75, 3.05) is 0 Å². The number of para-hydroxylation sites is 1. The SMILES string of the molecule is Cc1cc2ccccc2n1CC(Cl)C(=O)O. The zero-order chi connectivity index (χ0) is 11.7. The molecule has 1 aromatic carbocycles. The molecule has 0 aliphatic rings. The molecule has 0 fully saturated rings. The van der Waals surface area contributed by atoms with Gasteiger partial charge in [0.15, 0.2) is 0 Å². The molecule has 0 aliphatic heterocycles.